The van der Waals surface area contributed by atoms with E-state index < -0.39 is 0 Å². The minimum Gasteiger partial charge on any atom is -0.0992 e. The standard InChI is InChI=1S/C14H14/c1-10(2)14-9-12(14)8-7-11-5-3-4-6-13(11)14/h3-8,12H,1,9H2,2H3. The molecule has 3 rings (SSSR count). The fraction of sp³-hybridized carbons (Fsp3) is 0.286. The predicted octanol–water partition coefficient (Wildman–Crippen LogP) is 3.55. The quantitative estimate of drug-likeness (QED) is 0.583. The molecule has 0 N–H and O–H groups in total. The number of hydrogen-bond acceptors (Lipinski definition) is 0. The third-order valence-electron chi connectivity index (χ3n) is 3.73. The molecule has 70 valence electrons. The molecule has 0 aromatic heterocycles. The van der Waals surface area contributed by atoms with Gasteiger partial charge in [-0.2, -0.15) is 0 Å². The first-order valence-electron chi connectivity index (χ1n) is 5.19. The van der Waals surface area contributed by atoms with Crippen LogP contribution in [0.5, 0.6) is 0 Å². The second kappa shape index (κ2) is 2.38. The zero-order valence-electron chi connectivity index (χ0n) is 8.46. The summed E-state index contributed by atoms with van der Waals surface area (Å²) in [6.07, 6.45) is 5.86. The minimum atomic E-state index is 0.297. The number of hydrogen-bond donors (Lipinski definition) is 0. The number of fused-ring (bicyclic) bond motifs is 3. The number of benzene rings is 1. The first-order chi connectivity index (χ1) is 6.75. The summed E-state index contributed by atoms with van der Waals surface area (Å²) in [4.78, 5) is 0. The lowest BCUT2D eigenvalue weighted by Gasteiger charge is -2.22. The zero-order valence-corrected chi connectivity index (χ0v) is 8.46. The highest BCUT2D eigenvalue weighted by molar-refractivity contribution is 5.66. The third kappa shape index (κ3) is 0.790. The van der Waals surface area contributed by atoms with E-state index in [1.807, 2.05) is 0 Å². The molecule has 1 fully saturated rings. The van der Waals surface area contributed by atoms with Crippen molar-refractivity contribution in [3.63, 3.8) is 0 Å². The van der Waals surface area contributed by atoms with E-state index >= 15 is 0 Å². The third-order valence-corrected chi connectivity index (χ3v) is 3.73. The average Bonchev–Trinajstić information content (AvgIpc) is 2.93. The van der Waals surface area contributed by atoms with E-state index in [0.29, 0.717) is 5.41 Å². The van der Waals surface area contributed by atoms with Gasteiger partial charge in [0.15, 0.2) is 0 Å². The van der Waals surface area contributed by atoms with Crippen molar-refractivity contribution in [2.24, 2.45) is 5.92 Å². The summed E-state index contributed by atoms with van der Waals surface area (Å²) in [5, 5.41) is 0. The molecule has 0 amide bonds. The predicted molar refractivity (Wildman–Crippen MR) is 60.1 cm³/mol. The summed E-state index contributed by atoms with van der Waals surface area (Å²) in [6.45, 7) is 6.32. The molecule has 0 saturated heterocycles. The SMILES string of the molecule is C=C(C)C12CC1C=Cc1ccccc12. The van der Waals surface area contributed by atoms with Crippen LogP contribution in [0.2, 0.25) is 0 Å². The Balaban J connectivity index is 2.24. The Morgan fingerprint density at radius 2 is 2.21 bits per heavy atom. The van der Waals surface area contributed by atoms with Gasteiger partial charge in [-0.05, 0) is 30.4 Å². The van der Waals surface area contributed by atoms with Crippen LogP contribution in [-0.2, 0) is 5.41 Å². The van der Waals surface area contributed by atoms with Crippen molar-refractivity contribution in [1.29, 1.82) is 0 Å². The first kappa shape index (κ1) is 8.05. The topological polar surface area (TPSA) is 0 Å². The summed E-state index contributed by atoms with van der Waals surface area (Å²) in [6, 6.07) is 8.70. The maximum Gasteiger partial charge on any atom is 0.0231 e. The Labute approximate surface area is 85.0 Å². The van der Waals surface area contributed by atoms with Gasteiger partial charge in [0.2, 0.25) is 0 Å². The molecule has 2 aliphatic rings. The van der Waals surface area contributed by atoms with Crippen molar-refractivity contribution < 1.29 is 0 Å². The highest BCUT2D eigenvalue weighted by atomic mass is 14.6. The van der Waals surface area contributed by atoms with Crippen molar-refractivity contribution >= 4 is 6.08 Å². The van der Waals surface area contributed by atoms with Gasteiger partial charge in [-0.15, -0.1) is 0 Å². The van der Waals surface area contributed by atoms with Gasteiger partial charge in [-0.25, -0.2) is 0 Å². The van der Waals surface area contributed by atoms with Crippen molar-refractivity contribution in [1.82, 2.24) is 0 Å². The summed E-state index contributed by atoms with van der Waals surface area (Å²) in [5.41, 5.74) is 4.48. The van der Waals surface area contributed by atoms with Crippen molar-refractivity contribution in [2.45, 2.75) is 18.8 Å². The van der Waals surface area contributed by atoms with E-state index in [4.69, 9.17) is 0 Å². The van der Waals surface area contributed by atoms with Gasteiger partial charge >= 0.3 is 0 Å². The van der Waals surface area contributed by atoms with E-state index in [2.05, 4.69) is 49.9 Å². The minimum absolute atomic E-state index is 0.297. The average molecular weight is 182 g/mol. The summed E-state index contributed by atoms with van der Waals surface area (Å²) < 4.78 is 0. The summed E-state index contributed by atoms with van der Waals surface area (Å²) in [7, 11) is 0. The van der Waals surface area contributed by atoms with Crippen LogP contribution >= 0.6 is 0 Å². The maximum absolute atomic E-state index is 4.16. The monoisotopic (exact) mass is 182 g/mol. The fourth-order valence-corrected chi connectivity index (χ4v) is 2.82. The second-order valence-corrected chi connectivity index (χ2v) is 4.51. The van der Waals surface area contributed by atoms with E-state index in [-0.39, 0.29) is 0 Å². The summed E-state index contributed by atoms with van der Waals surface area (Å²) in [5.74, 6) is 0.717. The molecule has 1 aromatic rings. The van der Waals surface area contributed by atoms with Crippen molar-refractivity contribution in [3.8, 4) is 0 Å². The Morgan fingerprint density at radius 1 is 1.43 bits per heavy atom. The smallest absolute Gasteiger partial charge is 0.0231 e. The molecule has 0 bridgehead atoms. The lowest BCUT2D eigenvalue weighted by Crippen LogP contribution is -2.14. The van der Waals surface area contributed by atoms with Gasteiger partial charge in [-0.1, -0.05) is 48.6 Å². The molecule has 0 aliphatic heterocycles. The molecule has 1 aromatic carbocycles. The molecule has 0 nitrogen and oxygen atoms in total. The molecule has 2 unspecified atom stereocenters. The lowest BCUT2D eigenvalue weighted by atomic mass is 9.81. The highest BCUT2D eigenvalue weighted by Crippen LogP contribution is 2.62. The van der Waals surface area contributed by atoms with E-state index in [0.717, 1.165) is 5.92 Å². The van der Waals surface area contributed by atoms with Gasteiger partial charge in [0, 0.05) is 5.41 Å². The molecular formula is C14H14. The normalized spacial score (nSPS) is 31.9. The Hall–Kier alpha value is -1.30. The van der Waals surface area contributed by atoms with E-state index in [1.165, 1.54) is 23.1 Å². The summed E-state index contributed by atoms with van der Waals surface area (Å²) >= 11 is 0. The Morgan fingerprint density at radius 3 is 3.00 bits per heavy atom. The highest BCUT2D eigenvalue weighted by Gasteiger charge is 2.56. The lowest BCUT2D eigenvalue weighted by molar-refractivity contribution is 0.763. The zero-order chi connectivity index (χ0) is 9.76. The van der Waals surface area contributed by atoms with Crippen LogP contribution < -0.4 is 0 Å². The number of allylic oxidation sites excluding steroid dienone is 2. The molecule has 14 heavy (non-hydrogen) atoms. The van der Waals surface area contributed by atoms with Crippen LogP contribution in [0.4, 0.5) is 0 Å². The van der Waals surface area contributed by atoms with Crippen molar-refractivity contribution in [2.75, 3.05) is 0 Å². The van der Waals surface area contributed by atoms with Crippen LogP contribution in [0.1, 0.15) is 24.5 Å². The Kier molecular flexibility index (Phi) is 1.37. The molecule has 1 saturated carbocycles. The largest absolute Gasteiger partial charge is 0.0992 e. The molecule has 2 aliphatic carbocycles. The van der Waals surface area contributed by atoms with Crippen LogP contribution in [0.3, 0.4) is 0 Å². The number of rotatable bonds is 1. The van der Waals surface area contributed by atoms with Crippen LogP contribution in [-0.4, -0.2) is 0 Å². The maximum atomic E-state index is 4.16. The van der Waals surface area contributed by atoms with Gasteiger partial charge in [0.1, 0.15) is 0 Å². The molecule has 0 spiro atoms. The van der Waals surface area contributed by atoms with Gasteiger partial charge < -0.3 is 0 Å². The first-order valence-corrected chi connectivity index (χ1v) is 5.19. The molecule has 0 radical (unpaired) electrons. The molecule has 0 heteroatoms. The fourth-order valence-electron chi connectivity index (χ4n) is 2.82. The van der Waals surface area contributed by atoms with Crippen molar-refractivity contribution in [3.05, 3.63) is 53.6 Å². The van der Waals surface area contributed by atoms with E-state index in [1.54, 1.807) is 0 Å². The van der Waals surface area contributed by atoms with Crippen LogP contribution in [0, 0.1) is 5.92 Å². The van der Waals surface area contributed by atoms with Gasteiger partial charge in [-0.3, -0.25) is 0 Å². The van der Waals surface area contributed by atoms with E-state index in [9.17, 15) is 0 Å². The molecule has 2 atom stereocenters. The molecular weight excluding hydrogens is 168 g/mol. The molecule has 0 heterocycles. The van der Waals surface area contributed by atoms with Gasteiger partial charge in [0.25, 0.3) is 0 Å². The Bertz CT molecular complexity index is 439. The van der Waals surface area contributed by atoms with Crippen LogP contribution in [0.15, 0.2) is 42.5 Å². The van der Waals surface area contributed by atoms with Gasteiger partial charge in [0.05, 0.1) is 0 Å². The second-order valence-electron chi connectivity index (χ2n) is 4.51. The van der Waals surface area contributed by atoms with Crippen LogP contribution in [0.25, 0.3) is 6.08 Å².